The van der Waals surface area contributed by atoms with Gasteiger partial charge in [-0.15, -0.1) is 0 Å². The lowest BCUT2D eigenvalue weighted by Gasteiger charge is -2.08. The first-order valence-corrected chi connectivity index (χ1v) is 7.47. The first kappa shape index (κ1) is 15.0. The topological polar surface area (TPSA) is 47.6 Å². The maximum Gasteiger partial charge on any atom is 0.231 e. The van der Waals surface area contributed by atoms with Crippen LogP contribution in [0.2, 0.25) is 10.0 Å². The molecule has 2 aromatic carbocycles. The molecule has 0 fully saturated rings. The van der Waals surface area contributed by atoms with Gasteiger partial charge in [0.15, 0.2) is 11.5 Å². The fourth-order valence-corrected chi connectivity index (χ4v) is 2.71. The number of nitrogens with one attached hydrogen (secondary N) is 1. The van der Waals surface area contributed by atoms with Gasteiger partial charge in [-0.3, -0.25) is 4.79 Å². The van der Waals surface area contributed by atoms with Crippen LogP contribution in [0.1, 0.15) is 11.1 Å². The molecule has 3 rings (SSSR count). The van der Waals surface area contributed by atoms with Gasteiger partial charge in [0.1, 0.15) is 0 Å². The smallest absolute Gasteiger partial charge is 0.231 e. The summed E-state index contributed by atoms with van der Waals surface area (Å²) >= 11 is 12.1. The monoisotopic (exact) mass is 337 g/mol. The predicted octanol–water partition coefficient (Wildman–Crippen LogP) is 3.58. The van der Waals surface area contributed by atoms with E-state index in [9.17, 15) is 4.79 Å². The summed E-state index contributed by atoms with van der Waals surface area (Å²) in [4.78, 5) is 12.0. The van der Waals surface area contributed by atoms with Gasteiger partial charge in [0, 0.05) is 16.6 Å². The summed E-state index contributed by atoms with van der Waals surface area (Å²) in [5.41, 5.74) is 1.57. The molecule has 4 nitrogen and oxygen atoms in total. The van der Waals surface area contributed by atoms with Crippen LogP contribution in [0.3, 0.4) is 0 Å². The summed E-state index contributed by atoms with van der Waals surface area (Å²) in [5.74, 6) is 1.27. The van der Waals surface area contributed by atoms with Crippen molar-refractivity contribution in [3.63, 3.8) is 0 Å². The van der Waals surface area contributed by atoms with Crippen LogP contribution < -0.4 is 14.8 Å². The Kier molecular flexibility index (Phi) is 4.41. The molecule has 0 radical (unpaired) electrons. The highest BCUT2D eigenvalue weighted by Crippen LogP contribution is 2.32. The van der Waals surface area contributed by atoms with E-state index in [1.165, 1.54) is 0 Å². The van der Waals surface area contributed by atoms with Crippen molar-refractivity contribution < 1.29 is 14.3 Å². The number of halogens is 2. The molecule has 1 N–H and O–H groups in total. The number of carbonyl (C=O) groups is 1. The van der Waals surface area contributed by atoms with E-state index in [1.54, 1.807) is 18.2 Å². The standard InChI is InChI=1S/C16H13Cl2NO3/c17-12-2-1-3-13(18)11(12)7-16(20)19-8-10-4-5-14-15(6-10)22-9-21-14/h1-6H,7-9H2,(H,19,20). The second kappa shape index (κ2) is 6.46. The summed E-state index contributed by atoms with van der Waals surface area (Å²) in [6.45, 7) is 0.633. The normalized spacial score (nSPS) is 12.3. The van der Waals surface area contributed by atoms with E-state index in [0.717, 1.165) is 11.3 Å². The van der Waals surface area contributed by atoms with E-state index >= 15 is 0 Å². The van der Waals surface area contributed by atoms with Crippen molar-refractivity contribution in [1.82, 2.24) is 5.32 Å². The molecule has 0 saturated heterocycles. The molecule has 0 spiro atoms. The first-order chi connectivity index (χ1) is 10.6. The van der Waals surface area contributed by atoms with Gasteiger partial charge in [0.05, 0.1) is 6.42 Å². The van der Waals surface area contributed by atoms with E-state index < -0.39 is 0 Å². The lowest BCUT2D eigenvalue weighted by Crippen LogP contribution is -2.24. The number of fused-ring (bicyclic) bond motifs is 1. The summed E-state index contributed by atoms with van der Waals surface area (Å²) in [6, 6.07) is 10.7. The molecule has 1 aliphatic heterocycles. The molecule has 1 heterocycles. The molecule has 0 saturated carbocycles. The minimum Gasteiger partial charge on any atom is -0.454 e. The summed E-state index contributed by atoms with van der Waals surface area (Å²) in [7, 11) is 0. The van der Waals surface area contributed by atoms with Crippen molar-refractivity contribution in [2.45, 2.75) is 13.0 Å². The van der Waals surface area contributed by atoms with Gasteiger partial charge < -0.3 is 14.8 Å². The van der Waals surface area contributed by atoms with E-state index in [1.807, 2.05) is 18.2 Å². The molecule has 114 valence electrons. The largest absolute Gasteiger partial charge is 0.454 e. The number of carbonyl (C=O) groups excluding carboxylic acids is 1. The first-order valence-electron chi connectivity index (χ1n) is 6.71. The van der Waals surface area contributed by atoms with Gasteiger partial charge in [-0.25, -0.2) is 0 Å². The summed E-state index contributed by atoms with van der Waals surface area (Å²) in [6.07, 6.45) is 0.142. The van der Waals surface area contributed by atoms with Gasteiger partial charge in [-0.2, -0.15) is 0 Å². The fraction of sp³-hybridized carbons (Fsp3) is 0.188. The van der Waals surface area contributed by atoms with Crippen LogP contribution in [-0.4, -0.2) is 12.7 Å². The molecule has 0 bridgehead atoms. The van der Waals surface area contributed by atoms with Gasteiger partial charge >= 0.3 is 0 Å². The Balaban J connectivity index is 1.61. The minimum atomic E-state index is -0.146. The molecule has 0 atom stereocenters. The van der Waals surface area contributed by atoms with Gasteiger partial charge in [-0.05, 0) is 35.4 Å². The van der Waals surface area contributed by atoms with E-state index in [2.05, 4.69) is 5.32 Å². The Labute approximate surface area is 137 Å². The Morgan fingerprint density at radius 3 is 2.59 bits per heavy atom. The molecule has 0 unspecified atom stereocenters. The van der Waals surface area contributed by atoms with Crippen LogP contribution in [0.5, 0.6) is 11.5 Å². The number of ether oxygens (including phenoxy) is 2. The lowest BCUT2D eigenvalue weighted by molar-refractivity contribution is -0.120. The highest BCUT2D eigenvalue weighted by atomic mass is 35.5. The highest BCUT2D eigenvalue weighted by molar-refractivity contribution is 6.36. The van der Waals surface area contributed by atoms with Crippen molar-refractivity contribution in [2.24, 2.45) is 0 Å². The molecule has 0 aromatic heterocycles. The maximum absolute atomic E-state index is 12.0. The molecule has 6 heteroatoms. The number of benzene rings is 2. The van der Waals surface area contributed by atoms with Crippen molar-refractivity contribution in [3.05, 3.63) is 57.6 Å². The number of rotatable bonds is 4. The van der Waals surface area contributed by atoms with Crippen LogP contribution in [0, 0.1) is 0 Å². The third kappa shape index (κ3) is 3.29. The third-order valence-corrected chi connectivity index (χ3v) is 4.03. The lowest BCUT2D eigenvalue weighted by atomic mass is 10.1. The van der Waals surface area contributed by atoms with Crippen LogP contribution in [0.25, 0.3) is 0 Å². The Hall–Kier alpha value is -1.91. The van der Waals surface area contributed by atoms with Gasteiger partial charge in [0.25, 0.3) is 0 Å². The van der Waals surface area contributed by atoms with Crippen molar-refractivity contribution in [3.8, 4) is 11.5 Å². The average Bonchev–Trinajstić information content (AvgIpc) is 2.96. The van der Waals surface area contributed by atoms with Crippen LogP contribution in [0.15, 0.2) is 36.4 Å². The van der Waals surface area contributed by atoms with Gasteiger partial charge in [-0.1, -0.05) is 35.3 Å². The Bertz CT molecular complexity index is 698. The van der Waals surface area contributed by atoms with E-state index in [0.29, 0.717) is 27.9 Å². The maximum atomic E-state index is 12.0. The molecular weight excluding hydrogens is 325 g/mol. The van der Waals surface area contributed by atoms with Crippen LogP contribution in [-0.2, 0) is 17.8 Å². The van der Waals surface area contributed by atoms with Gasteiger partial charge in [0.2, 0.25) is 12.7 Å². The highest BCUT2D eigenvalue weighted by Gasteiger charge is 2.14. The molecule has 2 aromatic rings. The number of hydrogen-bond acceptors (Lipinski definition) is 3. The van der Waals surface area contributed by atoms with Crippen LogP contribution in [0.4, 0.5) is 0 Å². The Morgan fingerprint density at radius 2 is 1.82 bits per heavy atom. The van der Waals surface area contributed by atoms with E-state index in [4.69, 9.17) is 32.7 Å². The van der Waals surface area contributed by atoms with Crippen molar-refractivity contribution in [1.29, 1.82) is 0 Å². The molecular formula is C16H13Cl2NO3. The quantitative estimate of drug-likeness (QED) is 0.927. The van der Waals surface area contributed by atoms with E-state index in [-0.39, 0.29) is 19.1 Å². The zero-order valence-corrected chi connectivity index (χ0v) is 13.1. The van der Waals surface area contributed by atoms with Crippen molar-refractivity contribution in [2.75, 3.05) is 6.79 Å². The zero-order chi connectivity index (χ0) is 15.5. The second-order valence-electron chi connectivity index (χ2n) is 4.84. The summed E-state index contributed by atoms with van der Waals surface area (Å²) in [5, 5.41) is 3.82. The third-order valence-electron chi connectivity index (χ3n) is 3.33. The zero-order valence-electron chi connectivity index (χ0n) is 11.6. The summed E-state index contributed by atoms with van der Waals surface area (Å²) < 4.78 is 10.5. The molecule has 1 amide bonds. The molecule has 22 heavy (non-hydrogen) atoms. The number of hydrogen-bond donors (Lipinski definition) is 1. The van der Waals surface area contributed by atoms with Crippen LogP contribution >= 0.6 is 23.2 Å². The average molecular weight is 338 g/mol. The number of amides is 1. The second-order valence-corrected chi connectivity index (χ2v) is 5.66. The molecule has 0 aliphatic carbocycles. The predicted molar refractivity (Wildman–Crippen MR) is 84.6 cm³/mol. The van der Waals surface area contributed by atoms with Crippen molar-refractivity contribution >= 4 is 29.1 Å². The SMILES string of the molecule is O=C(Cc1c(Cl)cccc1Cl)NCc1ccc2c(c1)OCO2. The Morgan fingerprint density at radius 1 is 1.09 bits per heavy atom. The molecule has 1 aliphatic rings. The minimum absolute atomic E-state index is 0.142. The fourth-order valence-electron chi connectivity index (χ4n) is 2.18.